The summed E-state index contributed by atoms with van der Waals surface area (Å²) in [6, 6.07) is 30.7. The maximum absolute atomic E-state index is 6.86. The molecule has 0 aliphatic heterocycles. The van der Waals surface area contributed by atoms with Crippen molar-refractivity contribution in [2.45, 2.75) is 26.3 Å². The molecule has 0 radical (unpaired) electrons. The highest BCUT2D eigenvalue weighted by molar-refractivity contribution is 5.48. The van der Waals surface area contributed by atoms with Crippen molar-refractivity contribution in [3.8, 4) is 0 Å². The lowest BCUT2D eigenvalue weighted by Crippen LogP contribution is -2.39. The Hall–Kier alpha value is -2.38. The molecule has 124 valence electrons. The molecule has 0 aliphatic carbocycles. The molecule has 3 aromatic carbocycles. The van der Waals surface area contributed by atoms with E-state index in [0.717, 1.165) is 22.6 Å². The first-order valence-corrected chi connectivity index (χ1v) is 8.50. The van der Waals surface area contributed by atoms with E-state index in [1.807, 2.05) is 54.6 Å². The zero-order valence-electron chi connectivity index (χ0n) is 14.8. The number of hydrogen-bond donors (Lipinski definition) is 1. The predicted octanol–water partition coefficient (Wildman–Crippen LogP) is 5.60. The lowest BCUT2D eigenvalue weighted by atomic mass is 9.78. The molecule has 0 saturated carbocycles. The van der Waals surface area contributed by atoms with Gasteiger partial charge in [0.1, 0.15) is 0 Å². The van der Waals surface area contributed by atoms with Crippen LogP contribution in [-0.4, -0.2) is 0 Å². The van der Waals surface area contributed by atoms with Crippen molar-refractivity contribution in [3.05, 3.63) is 108 Å². The first-order valence-electron chi connectivity index (χ1n) is 8.50. The Kier molecular flexibility index (Phi) is 6.34. The van der Waals surface area contributed by atoms with Crippen LogP contribution in [0.3, 0.4) is 0 Å². The van der Waals surface area contributed by atoms with Gasteiger partial charge >= 0.3 is 0 Å². The molecule has 0 heterocycles. The summed E-state index contributed by atoms with van der Waals surface area (Å²) in [6.07, 6.45) is 0. The molecule has 0 spiro atoms. The van der Waals surface area contributed by atoms with Crippen LogP contribution in [-0.2, 0) is 5.54 Å². The summed E-state index contributed by atoms with van der Waals surface area (Å²) in [7, 11) is 0. The van der Waals surface area contributed by atoms with Gasteiger partial charge < -0.3 is 5.73 Å². The van der Waals surface area contributed by atoms with E-state index in [9.17, 15) is 0 Å². The third-order valence-corrected chi connectivity index (χ3v) is 3.69. The summed E-state index contributed by atoms with van der Waals surface area (Å²) in [6.45, 7) is 6.50. The van der Waals surface area contributed by atoms with Crippen LogP contribution in [0.4, 0.5) is 0 Å². The lowest BCUT2D eigenvalue weighted by molar-refractivity contribution is 0.653. The van der Waals surface area contributed by atoms with Gasteiger partial charge in [-0.3, -0.25) is 0 Å². The van der Waals surface area contributed by atoms with Crippen LogP contribution in [0.25, 0.3) is 0 Å². The van der Waals surface area contributed by atoms with Gasteiger partial charge in [-0.25, -0.2) is 0 Å². The number of benzene rings is 3. The van der Waals surface area contributed by atoms with Crippen molar-refractivity contribution in [1.82, 2.24) is 0 Å². The summed E-state index contributed by atoms with van der Waals surface area (Å²) < 4.78 is 0. The van der Waals surface area contributed by atoms with Gasteiger partial charge in [-0.15, -0.1) is 0 Å². The van der Waals surface area contributed by atoms with E-state index in [4.69, 9.17) is 5.73 Å². The highest BCUT2D eigenvalue weighted by atomic mass is 14.7. The second-order valence-electron chi connectivity index (χ2n) is 6.64. The van der Waals surface area contributed by atoms with Gasteiger partial charge in [0.2, 0.25) is 0 Å². The second kappa shape index (κ2) is 8.47. The summed E-state index contributed by atoms with van der Waals surface area (Å²) in [5.74, 6) is 0.833. The monoisotopic (exact) mass is 317 g/mol. The summed E-state index contributed by atoms with van der Waals surface area (Å²) in [5, 5.41) is 0. The van der Waals surface area contributed by atoms with E-state index in [1.165, 1.54) is 0 Å². The molecule has 3 aromatic rings. The zero-order chi connectivity index (χ0) is 17.4. The Bertz CT molecular complexity index is 603. The van der Waals surface area contributed by atoms with E-state index in [0.29, 0.717) is 0 Å². The van der Waals surface area contributed by atoms with Crippen molar-refractivity contribution in [1.29, 1.82) is 0 Å². The Morgan fingerprint density at radius 1 is 0.542 bits per heavy atom. The topological polar surface area (TPSA) is 26.0 Å². The molecule has 0 unspecified atom stereocenters. The number of hydrogen-bond acceptors (Lipinski definition) is 1. The Balaban J connectivity index is 0.000000471. The fourth-order valence-electron chi connectivity index (χ4n) is 2.60. The van der Waals surface area contributed by atoms with E-state index < -0.39 is 5.54 Å². The normalized spacial score (nSPS) is 10.9. The molecule has 1 nitrogen and oxygen atoms in total. The van der Waals surface area contributed by atoms with Crippen molar-refractivity contribution in [3.63, 3.8) is 0 Å². The van der Waals surface area contributed by atoms with Gasteiger partial charge in [0.05, 0.1) is 5.54 Å². The summed E-state index contributed by atoms with van der Waals surface area (Å²) >= 11 is 0. The second-order valence-corrected chi connectivity index (χ2v) is 6.64. The number of nitrogens with two attached hydrogens (primary N) is 1. The van der Waals surface area contributed by atoms with Gasteiger partial charge in [0.25, 0.3) is 0 Å². The average Bonchev–Trinajstić information content (AvgIpc) is 2.63. The van der Waals surface area contributed by atoms with Crippen LogP contribution in [0.1, 0.15) is 37.5 Å². The van der Waals surface area contributed by atoms with Gasteiger partial charge in [-0.2, -0.15) is 0 Å². The highest BCUT2D eigenvalue weighted by Crippen LogP contribution is 2.33. The van der Waals surface area contributed by atoms with Crippen molar-refractivity contribution in [2.75, 3.05) is 0 Å². The molecule has 2 N–H and O–H groups in total. The van der Waals surface area contributed by atoms with Gasteiger partial charge in [0, 0.05) is 0 Å². The molecule has 0 bridgehead atoms. The molecule has 1 heteroatoms. The average molecular weight is 317 g/mol. The summed E-state index contributed by atoms with van der Waals surface area (Å²) in [5.41, 5.74) is 9.53. The first-order chi connectivity index (χ1) is 11.5. The fraction of sp³-hybridized carbons (Fsp3) is 0.217. The minimum absolute atomic E-state index is 0.621. The van der Waals surface area contributed by atoms with Crippen LogP contribution in [0.2, 0.25) is 0 Å². The molecule has 0 atom stereocenters. The van der Waals surface area contributed by atoms with E-state index in [2.05, 4.69) is 57.2 Å². The maximum atomic E-state index is 6.86. The molecule has 0 amide bonds. The van der Waals surface area contributed by atoms with Crippen LogP contribution in [0.15, 0.2) is 91.0 Å². The zero-order valence-corrected chi connectivity index (χ0v) is 14.8. The van der Waals surface area contributed by atoms with Crippen LogP contribution < -0.4 is 5.73 Å². The van der Waals surface area contributed by atoms with Crippen molar-refractivity contribution >= 4 is 0 Å². The van der Waals surface area contributed by atoms with Crippen LogP contribution in [0, 0.1) is 5.92 Å². The standard InChI is InChI=1S/C19H17N.C4H10/c20-19(16-10-4-1-5-11-16,17-12-6-2-7-13-17)18-14-8-3-9-15-18;1-4(2)3/h1-15H,20H2;4H,1-3H3. The molecule has 0 fully saturated rings. The van der Waals surface area contributed by atoms with Crippen LogP contribution in [0.5, 0.6) is 0 Å². The third kappa shape index (κ3) is 4.33. The molecule has 0 aromatic heterocycles. The Morgan fingerprint density at radius 3 is 0.958 bits per heavy atom. The quantitative estimate of drug-likeness (QED) is 0.625. The van der Waals surface area contributed by atoms with E-state index in [1.54, 1.807) is 0 Å². The first kappa shape index (κ1) is 18.0. The predicted molar refractivity (Wildman–Crippen MR) is 104 cm³/mol. The van der Waals surface area contributed by atoms with Crippen molar-refractivity contribution in [2.24, 2.45) is 11.7 Å². The smallest absolute Gasteiger partial charge is 0.0922 e. The molecular formula is C23H27N. The van der Waals surface area contributed by atoms with Gasteiger partial charge in [-0.05, 0) is 22.6 Å². The molecule has 3 rings (SSSR count). The minimum atomic E-state index is -0.621. The van der Waals surface area contributed by atoms with Gasteiger partial charge in [0.15, 0.2) is 0 Å². The molecular weight excluding hydrogens is 290 g/mol. The molecule has 0 aliphatic rings. The fourth-order valence-corrected chi connectivity index (χ4v) is 2.60. The third-order valence-electron chi connectivity index (χ3n) is 3.69. The maximum Gasteiger partial charge on any atom is 0.0922 e. The molecule has 0 saturated heterocycles. The van der Waals surface area contributed by atoms with Crippen molar-refractivity contribution < 1.29 is 0 Å². The van der Waals surface area contributed by atoms with Gasteiger partial charge in [-0.1, -0.05) is 112 Å². The highest BCUT2D eigenvalue weighted by Gasteiger charge is 2.31. The lowest BCUT2D eigenvalue weighted by Gasteiger charge is -2.31. The number of rotatable bonds is 3. The molecule has 24 heavy (non-hydrogen) atoms. The van der Waals surface area contributed by atoms with E-state index >= 15 is 0 Å². The Labute approximate surface area is 146 Å². The Morgan fingerprint density at radius 2 is 0.750 bits per heavy atom. The largest absolute Gasteiger partial charge is 0.314 e. The SMILES string of the molecule is CC(C)C.NC(c1ccccc1)(c1ccccc1)c1ccccc1. The van der Waals surface area contributed by atoms with Crippen LogP contribution >= 0.6 is 0 Å². The minimum Gasteiger partial charge on any atom is -0.314 e. The van der Waals surface area contributed by atoms with E-state index in [-0.39, 0.29) is 0 Å². The summed E-state index contributed by atoms with van der Waals surface area (Å²) in [4.78, 5) is 0.